The lowest BCUT2D eigenvalue weighted by molar-refractivity contribution is -0.142. The molecule has 2 aliphatic rings. The molecular formula is C9H14O4S. The van der Waals surface area contributed by atoms with Gasteiger partial charge in [-0.15, -0.1) is 0 Å². The maximum Gasteiger partial charge on any atom is 0.307 e. The highest BCUT2D eigenvalue weighted by Crippen LogP contribution is 2.41. The second-order valence-corrected chi connectivity index (χ2v) is 6.53. The topological polar surface area (TPSA) is 71.4 Å². The number of rotatable bonds is 1. The Morgan fingerprint density at radius 3 is 2.50 bits per heavy atom. The van der Waals surface area contributed by atoms with Crippen molar-refractivity contribution < 1.29 is 18.3 Å². The molecule has 3 unspecified atom stereocenters. The van der Waals surface area contributed by atoms with Crippen molar-refractivity contribution in [1.29, 1.82) is 0 Å². The second-order valence-electron chi connectivity index (χ2n) is 4.26. The summed E-state index contributed by atoms with van der Waals surface area (Å²) in [6.45, 7) is 0. The van der Waals surface area contributed by atoms with Gasteiger partial charge in [0.15, 0.2) is 9.84 Å². The van der Waals surface area contributed by atoms with Gasteiger partial charge < -0.3 is 5.11 Å². The third kappa shape index (κ3) is 1.43. The van der Waals surface area contributed by atoms with E-state index in [9.17, 15) is 13.2 Å². The third-order valence-corrected chi connectivity index (χ3v) is 5.79. The molecular weight excluding hydrogens is 204 g/mol. The van der Waals surface area contributed by atoms with E-state index in [4.69, 9.17) is 5.11 Å². The summed E-state index contributed by atoms with van der Waals surface area (Å²) in [6.07, 6.45) is 3.32. The van der Waals surface area contributed by atoms with Crippen LogP contribution in [-0.4, -0.2) is 30.5 Å². The first-order valence-corrected chi connectivity index (χ1v) is 6.68. The van der Waals surface area contributed by atoms with Crippen LogP contribution >= 0.6 is 0 Å². The fourth-order valence-electron chi connectivity index (χ4n) is 2.78. The first-order valence-electron chi connectivity index (χ1n) is 4.97. The maximum atomic E-state index is 11.6. The molecule has 0 aromatic carbocycles. The molecule has 0 spiro atoms. The van der Waals surface area contributed by atoms with Gasteiger partial charge in [0.2, 0.25) is 0 Å². The monoisotopic (exact) mass is 218 g/mol. The number of carboxylic acids is 1. The van der Waals surface area contributed by atoms with E-state index in [1.165, 1.54) is 0 Å². The predicted octanol–water partition coefficient (Wildman–Crippen LogP) is 0.674. The lowest BCUT2D eigenvalue weighted by Gasteiger charge is -2.25. The molecule has 5 heteroatoms. The zero-order valence-electron chi connectivity index (χ0n) is 7.85. The van der Waals surface area contributed by atoms with Gasteiger partial charge in [-0.2, -0.15) is 0 Å². The SMILES string of the molecule is O=C(O)C1CS(=O)(=O)C2CCCCC12. The van der Waals surface area contributed by atoms with Gasteiger partial charge in [-0.1, -0.05) is 12.8 Å². The first-order chi connectivity index (χ1) is 6.52. The molecule has 0 radical (unpaired) electrons. The molecule has 0 bridgehead atoms. The van der Waals surface area contributed by atoms with Gasteiger partial charge in [-0.05, 0) is 18.8 Å². The van der Waals surface area contributed by atoms with Crippen LogP contribution in [0, 0.1) is 11.8 Å². The van der Waals surface area contributed by atoms with Crippen LogP contribution < -0.4 is 0 Å². The average molecular weight is 218 g/mol. The molecule has 2 rings (SSSR count). The number of fused-ring (bicyclic) bond motifs is 1. The number of hydrogen-bond donors (Lipinski definition) is 1. The average Bonchev–Trinajstić information content (AvgIpc) is 2.40. The van der Waals surface area contributed by atoms with Crippen LogP contribution in [0.1, 0.15) is 25.7 Å². The Hall–Kier alpha value is -0.580. The van der Waals surface area contributed by atoms with Gasteiger partial charge in [0, 0.05) is 0 Å². The van der Waals surface area contributed by atoms with E-state index in [2.05, 4.69) is 0 Å². The Balaban J connectivity index is 2.31. The smallest absolute Gasteiger partial charge is 0.307 e. The van der Waals surface area contributed by atoms with Crippen LogP contribution in [0.15, 0.2) is 0 Å². The highest BCUT2D eigenvalue weighted by molar-refractivity contribution is 7.92. The molecule has 0 aromatic rings. The molecule has 1 saturated heterocycles. The van der Waals surface area contributed by atoms with Crippen molar-refractivity contribution in [3.05, 3.63) is 0 Å². The summed E-state index contributed by atoms with van der Waals surface area (Å²) in [5.74, 6) is -1.85. The Morgan fingerprint density at radius 1 is 1.21 bits per heavy atom. The molecule has 1 saturated carbocycles. The zero-order valence-corrected chi connectivity index (χ0v) is 8.66. The standard InChI is InChI=1S/C9H14O4S/c10-9(11)7-5-14(12,13)8-4-2-1-3-6(7)8/h6-8H,1-5H2,(H,10,11). The van der Waals surface area contributed by atoms with Gasteiger partial charge >= 0.3 is 5.97 Å². The molecule has 3 atom stereocenters. The molecule has 1 aliphatic carbocycles. The van der Waals surface area contributed by atoms with Crippen molar-refractivity contribution >= 4 is 15.8 Å². The first kappa shape index (κ1) is 9.96. The summed E-state index contributed by atoms with van der Waals surface area (Å²) >= 11 is 0. The van der Waals surface area contributed by atoms with Gasteiger partial charge in [0.1, 0.15) is 0 Å². The minimum atomic E-state index is -3.12. The molecule has 1 N–H and O–H groups in total. The van der Waals surface area contributed by atoms with Gasteiger partial charge in [-0.25, -0.2) is 8.42 Å². The fourth-order valence-corrected chi connectivity index (χ4v) is 5.31. The molecule has 0 aromatic heterocycles. The summed E-state index contributed by atoms with van der Waals surface area (Å²) in [5.41, 5.74) is 0. The summed E-state index contributed by atoms with van der Waals surface area (Å²) in [6, 6.07) is 0. The van der Waals surface area contributed by atoms with Crippen molar-refractivity contribution in [3.8, 4) is 0 Å². The summed E-state index contributed by atoms with van der Waals surface area (Å²) < 4.78 is 23.3. The fraction of sp³-hybridized carbons (Fsp3) is 0.889. The Labute approximate surface area is 83.2 Å². The van der Waals surface area contributed by atoms with Crippen molar-refractivity contribution in [2.75, 3.05) is 5.75 Å². The highest BCUT2D eigenvalue weighted by Gasteiger charge is 2.50. The zero-order chi connectivity index (χ0) is 10.3. The van der Waals surface area contributed by atoms with Gasteiger partial charge in [-0.3, -0.25) is 4.79 Å². The Kier molecular flexibility index (Phi) is 2.29. The van der Waals surface area contributed by atoms with Crippen LogP contribution in [0.2, 0.25) is 0 Å². The Morgan fingerprint density at radius 2 is 1.86 bits per heavy atom. The number of aliphatic carboxylic acids is 1. The van der Waals surface area contributed by atoms with E-state index in [0.717, 1.165) is 19.3 Å². The third-order valence-electron chi connectivity index (χ3n) is 3.46. The summed E-state index contributed by atoms with van der Waals surface area (Å²) in [5, 5.41) is 8.56. The Bertz CT molecular complexity index is 346. The minimum Gasteiger partial charge on any atom is -0.481 e. The lowest BCUT2D eigenvalue weighted by Crippen LogP contribution is -2.29. The van der Waals surface area contributed by atoms with Crippen LogP contribution in [0.25, 0.3) is 0 Å². The molecule has 1 aliphatic heterocycles. The second kappa shape index (κ2) is 3.22. The van der Waals surface area contributed by atoms with Gasteiger partial charge in [0.25, 0.3) is 0 Å². The number of carbonyl (C=O) groups is 1. The molecule has 1 heterocycles. The molecule has 14 heavy (non-hydrogen) atoms. The van der Waals surface area contributed by atoms with E-state index in [1.807, 2.05) is 0 Å². The van der Waals surface area contributed by atoms with E-state index < -0.39 is 21.7 Å². The summed E-state index contributed by atoms with van der Waals surface area (Å²) in [4.78, 5) is 10.9. The van der Waals surface area contributed by atoms with Gasteiger partial charge in [0.05, 0.1) is 16.9 Å². The van der Waals surface area contributed by atoms with Crippen LogP contribution in [0.3, 0.4) is 0 Å². The lowest BCUT2D eigenvalue weighted by atomic mass is 9.81. The summed E-state index contributed by atoms with van der Waals surface area (Å²) in [7, 11) is -3.12. The van der Waals surface area contributed by atoms with Crippen molar-refractivity contribution in [3.63, 3.8) is 0 Å². The highest BCUT2D eigenvalue weighted by atomic mass is 32.2. The molecule has 4 nitrogen and oxygen atoms in total. The number of hydrogen-bond acceptors (Lipinski definition) is 3. The maximum absolute atomic E-state index is 11.6. The molecule has 2 fully saturated rings. The van der Waals surface area contributed by atoms with Crippen molar-refractivity contribution in [2.45, 2.75) is 30.9 Å². The number of sulfone groups is 1. The van der Waals surface area contributed by atoms with E-state index >= 15 is 0 Å². The molecule has 0 amide bonds. The molecule has 80 valence electrons. The normalized spacial score (nSPS) is 40.4. The largest absolute Gasteiger partial charge is 0.481 e. The number of carboxylic acid groups (broad SMARTS) is 1. The predicted molar refractivity (Wildman–Crippen MR) is 50.7 cm³/mol. The van der Waals surface area contributed by atoms with Crippen molar-refractivity contribution in [2.24, 2.45) is 11.8 Å². The quantitative estimate of drug-likeness (QED) is 0.702. The van der Waals surface area contributed by atoms with E-state index in [-0.39, 0.29) is 16.9 Å². The van der Waals surface area contributed by atoms with Crippen LogP contribution in [-0.2, 0) is 14.6 Å². The minimum absolute atomic E-state index is 0.119. The van der Waals surface area contributed by atoms with Crippen LogP contribution in [0.5, 0.6) is 0 Å². The van der Waals surface area contributed by atoms with Crippen LogP contribution in [0.4, 0.5) is 0 Å². The van der Waals surface area contributed by atoms with E-state index in [1.54, 1.807) is 0 Å². The van der Waals surface area contributed by atoms with E-state index in [0.29, 0.717) is 6.42 Å². The van der Waals surface area contributed by atoms with Crippen molar-refractivity contribution in [1.82, 2.24) is 0 Å².